The van der Waals surface area contributed by atoms with Crippen LogP contribution in [-0.2, 0) is 4.79 Å². The van der Waals surface area contributed by atoms with E-state index in [2.05, 4.69) is 20.3 Å². The second-order valence-electron chi connectivity index (χ2n) is 4.53. The second kappa shape index (κ2) is 8.43. The van der Waals surface area contributed by atoms with Crippen LogP contribution in [-0.4, -0.2) is 28.0 Å². The first kappa shape index (κ1) is 16.4. The summed E-state index contributed by atoms with van der Waals surface area (Å²) in [6.07, 6.45) is 10.8. The van der Waals surface area contributed by atoms with Gasteiger partial charge in [0.1, 0.15) is 5.69 Å². The van der Waals surface area contributed by atoms with Crippen LogP contribution in [0.1, 0.15) is 13.3 Å². The van der Waals surface area contributed by atoms with E-state index in [1.807, 2.05) is 37.3 Å². The topological polar surface area (TPSA) is 77.0 Å². The van der Waals surface area contributed by atoms with Gasteiger partial charge in [0.25, 0.3) is 0 Å². The lowest BCUT2D eigenvalue weighted by atomic mass is 10.3. The Morgan fingerprint density at radius 3 is 2.87 bits per heavy atom. The molecule has 2 rings (SSSR count). The van der Waals surface area contributed by atoms with Crippen molar-refractivity contribution in [1.29, 1.82) is 0 Å². The Balaban J connectivity index is 2.18. The zero-order valence-corrected chi connectivity index (χ0v) is 13.1. The molecule has 6 nitrogen and oxygen atoms in total. The molecule has 0 aliphatic heterocycles. The van der Waals surface area contributed by atoms with Gasteiger partial charge in [0.15, 0.2) is 17.4 Å². The first-order valence-electron chi connectivity index (χ1n) is 7.14. The number of aromatic nitrogens is 3. The molecular formula is C17H18N4O2. The molecular weight excluding hydrogens is 292 g/mol. The van der Waals surface area contributed by atoms with Gasteiger partial charge in [-0.2, -0.15) is 0 Å². The van der Waals surface area contributed by atoms with E-state index in [1.165, 1.54) is 13.3 Å². The summed E-state index contributed by atoms with van der Waals surface area (Å²) >= 11 is 0. The Morgan fingerprint density at radius 1 is 1.30 bits per heavy atom. The van der Waals surface area contributed by atoms with Crippen molar-refractivity contribution < 1.29 is 9.53 Å². The Hall–Kier alpha value is -3.02. The molecule has 118 valence electrons. The number of hydrogen-bond donors (Lipinski definition) is 1. The summed E-state index contributed by atoms with van der Waals surface area (Å²) in [5, 5.41) is 2.73. The molecule has 0 atom stereocenters. The fraction of sp³-hybridized carbons (Fsp3) is 0.176. The maximum absolute atomic E-state index is 12.0. The fourth-order valence-electron chi connectivity index (χ4n) is 1.78. The molecule has 1 amide bonds. The third-order valence-electron chi connectivity index (χ3n) is 2.87. The number of anilines is 1. The molecule has 0 radical (unpaired) electrons. The van der Waals surface area contributed by atoms with E-state index in [4.69, 9.17) is 4.74 Å². The van der Waals surface area contributed by atoms with Crippen LogP contribution in [0.5, 0.6) is 5.75 Å². The number of pyridine rings is 1. The Kier molecular flexibility index (Phi) is 5.99. The van der Waals surface area contributed by atoms with Crippen molar-refractivity contribution >= 4 is 11.7 Å². The van der Waals surface area contributed by atoms with E-state index in [1.54, 1.807) is 18.3 Å². The highest BCUT2D eigenvalue weighted by Crippen LogP contribution is 2.23. The van der Waals surface area contributed by atoms with Gasteiger partial charge in [-0.25, -0.2) is 9.97 Å². The number of nitrogens with one attached hydrogen (secondary N) is 1. The van der Waals surface area contributed by atoms with Crippen LogP contribution in [0.25, 0.3) is 11.5 Å². The molecule has 0 spiro atoms. The molecule has 0 aliphatic rings. The normalized spacial score (nSPS) is 11.0. The monoisotopic (exact) mass is 310 g/mol. The molecule has 0 saturated carbocycles. The number of hydrogen-bond acceptors (Lipinski definition) is 5. The molecule has 0 aromatic carbocycles. The summed E-state index contributed by atoms with van der Waals surface area (Å²) in [6.45, 7) is 1.91. The van der Waals surface area contributed by atoms with Crippen molar-refractivity contribution in [1.82, 2.24) is 15.0 Å². The number of nitrogens with zero attached hydrogens (tertiary/aromatic N) is 3. The van der Waals surface area contributed by atoms with Gasteiger partial charge in [0, 0.05) is 12.6 Å². The lowest BCUT2D eigenvalue weighted by Gasteiger charge is -2.09. The van der Waals surface area contributed by atoms with Crippen molar-refractivity contribution in [2.45, 2.75) is 13.3 Å². The maximum atomic E-state index is 12.0. The predicted octanol–water partition coefficient (Wildman–Crippen LogP) is 3.01. The molecule has 6 heteroatoms. The smallest absolute Gasteiger partial charge is 0.229 e. The van der Waals surface area contributed by atoms with Crippen LogP contribution in [0.3, 0.4) is 0 Å². The van der Waals surface area contributed by atoms with Crippen LogP contribution < -0.4 is 10.1 Å². The van der Waals surface area contributed by atoms with Crippen LogP contribution in [0.4, 0.5) is 5.82 Å². The summed E-state index contributed by atoms with van der Waals surface area (Å²) in [4.78, 5) is 24.7. The standard InChI is InChI=1S/C17H18N4O2/c1-3-4-5-6-10-15(22)20-17-14(23-2)12-19-16(21-17)13-9-7-8-11-18-13/h3-9,11-12H,10H2,1-2H3,(H,19,20,21,22)/b4-3-,6-5-. The van der Waals surface area contributed by atoms with Gasteiger partial charge in [-0.3, -0.25) is 9.78 Å². The van der Waals surface area contributed by atoms with Crippen molar-refractivity contribution in [3.8, 4) is 17.3 Å². The molecule has 2 aromatic rings. The number of carbonyl (C=O) groups excluding carboxylic acids is 1. The van der Waals surface area contributed by atoms with Gasteiger partial charge in [-0.15, -0.1) is 0 Å². The lowest BCUT2D eigenvalue weighted by Crippen LogP contribution is -2.13. The van der Waals surface area contributed by atoms with Gasteiger partial charge >= 0.3 is 0 Å². The number of rotatable bonds is 6. The third-order valence-corrected chi connectivity index (χ3v) is 2.87. The summed E-state index contributed by atoms with van der Waals surface area (Å²) in [6, 6.07) is 5.46. The van der Waals surface area contributed by atoms with E-state index >= 15 is 0 Å². The molecule has 0 saturated heterocycles. The molecule has 0 aliphatic carbocycles. The van der Waals surface area contributed by atoms with Gasteiger partial charge in [-0.1, -0.05) is 30.4 Å². The molecule has 1 N–H and O–H groups in total. The SMILES string of the molecule is C/C=C\C=C/CC(=O)Nc1nc(-c2ccccn2)ncc1OC. The maximum Gasteiger partial charge on any atom is 0.229 e. The number of allylic oxidation sites excluding steroid dienone is 3. The third kappa shape index (κ3) is 4.74. The highest BCUT2D eigenvalue weighted by molar-refractivity contribution is 5.92. The number of methoxy groups -OCH3 is 1. The second-order valence-corrected chi connectivity index (χ2v) is 4.53. The first-order chi connectivity index (χ1) is 11.2. The van der Waals surface area contributed by atoms with Gasteiger partial charge in [-0.05, 0) is 19.1 Å². The molecule has 0 fully saturated rings. The minimum Gasteiger partial charge on any atom is -0.491 e. The van der Waals surface area contributed by atoms with Crippen molar-refractivity contribution in [2.24, 2.45) is 0 Å². The molecule has 2 heterocycles. The van der Waals surface area contributed by atoms with Crippen LogP contribution in [0.2, 0.25) is 0 Å². The van der Waals surface area contributed by atoms with Gasteiger partial charge in [0.2, 0.25) is 5.91 Å². The largest absolute Gasteiger partial charge is 0.491 e. The van der Waals surface area contributed by atoms with E-state index in [0.29, 0.717) is 23.1 Å². The Labute approximate surface area is 135 Å². The van der Waals surface area contributed by atoms with Gasteiger partial charge in [0.05, 0.1) is 13.3 Å². The highest BCUT2D eigenvalue weighted by atomic mass is 16.5. The van der Waals surface area contributed by atoms with Gasteiger partial charge < -0.3 is 10.1 Å². The van der Waals surface area contributed by atoms with Crippen LogP contribution >= 0.6 is 0 Å². The number of carbonyl (C=O) groups is 1. The van der Waals surface area contributed by atoms with E-state index < -0.39 is 0 Å². The van der Waals surface area contributed by atoms with Crippen molar-refractivity contribution in [3.63, 3.8) is 0 Å². The lowest BCUT2D eigenvalue weighted by molar-refractivity contribution is -0.115. The predicted molar refractivity (Wildman–Crippen MR) is 89.0 cm³/mol. The molecule has 23 heavy (non-hydrogen) atoms. The van der Waals surface area contributed by atoms with Crippen molar-refractivity contribution in [3.05, 3.63) is 54.9 Å². The Morgan fingerprint density at radius 2 is 2.17 bits per heavy atom. The summed E-state index contributed by atoms with van der Waals surface area (Å²) in [5.41, 5.74) is 0.624. The average Bonchev–Trinajstić information content (AvgIpc) is 2.59. The summed E-state index contributed by atoms with van der Waals surface area (Å²) in [7, 11) is 1.50. The molecule has 2 aromatic heterocycles. The minimum absolute atomic E-state index is 0.185. The Bertz CT molecular complexity index is 712. The van der Waals surface area contributed by atoms with Crippen LogP contribution in [0, 0.1) is 0 Å². The highest BCUT2D eigenvalue weighted by Gasteiger charge is 2.12. The minimum atomic E-state index is -0.185. The zero-order valence-electron chi connectivity index (χ0n) is 13.1. The summed E-state index contributed by atoms with van der Waals surface area (Å²) < 4.78 is 5.19. The molecule has 0 unspecified atom stereocenters. The summed E-state index contributed by atoms with van der Waals surface area (Å²) in [5.74, 6) is 0.962. The van der Waals surface area contributed by atoms with E-state index in [9.17, 15) is 4.79 Å². The number of amides is 1. The van der Waals surface area contributed by atoms with Crippen LogP contribution in [0.15, 0.2) is 54.9 Å². The van der Waals surface area contributed by atoms with E-state index in [0.717, 1.165) is 0 Å². The quantitative estimate of drug-likeness (QED) is 0.830. The van der Waals surface area contributed by atoms with E-state index in [-0.39, 0.29) is 12.3 Å². The average molecular weight is 310 g/mol. The molecule has 0 bridgehead atoms. The first-order valence-corrected chi connectivity index (χ1v) is 7.14. The number of ether oxygens (including phenoxy) is 1. The fourth-order valence-corrected chi connectivity index (χ4v) is 1.78. The van der Waals surface area contributed by atoms with Crippen molar-refractivity contribution in [2.75, 3.05) is 12.4 Å². The zero-order chi connectivity index (χ0) is 16.5.